The van der Waals surface area contributed by atoms with Gasteiger partial charge in [0.2, 0.25) is 0 Å². The Balaban J connectivity index is 3.62. The molecule has 0 atom stereocenters. The van der Waals surface area contributed by atoms with Crippen molar-refractivity contribution in [3.05, 3.63) is 11.6 Å². The average molecular weight is 170 g/mol. The van der Waals surface area contributed by atoms with Gasteiger partial charge in [0.05, 0.1) is 6.42 Å². The van der Waals surface area contributed by atoms with Crippen molar-refractivity contribution in [1.29, 1.82) is 0 Å². The molecule has 0 rings (SSSR count). The minimum absolute atomic E-state index is 0.209. The van der Waals surface area contributed by atoms with Crippen LogP contribution in [0.1, 0.15) is 46.0 Å². The van der Waals surface area contributed by atoms with Gasteiger partial charge in [0.1, 0.15) is 0 Å². The highest BCUT2D eigenvalue weighted by atomic mass is 16.4. The largest absolute Gasteiger partial charge is 0.481 e. The Morgan fingerprint density at radius 3 is 2.50 bits per heavy atom. The van der Waals surface area contributed by atoms with Gasteiger partial charge in [-0.2, -0.15) is 0 Å². The lowest BCUT2D eigenvalue weighted by atomic mass is 10.0. The summed E-state index contributed by atoms with van der Waals surface area (Å²) in [5.74, 6) is -0.723. The molecule has 2 heteroatoms. The normalized spacial score (nSPS) is 11.7. The van der Waals surface area contributed by atoms with Crippen LogP contribution in [-0.2, 0) is 4.79 Å². The minimum atomic E-state index is -0.723. The van der Waals surface area contributed by atoms with E-state index in [0.717, 1.165) is 18.4 Å². The third-order valence-electron chi connectivity index (χ3n) is 1.89. The zero-order chi connectivity index (χ0) is 9.40. The van der Waals surface area contributed by atoms with E-state index in [0.29, 0.717) is 0 Å². The van der Waals surface area contributed by atoms with Crippen LogP contribution in [-0.4, -0.2) is 11.1 Å². The molecule has 0 aliphatic heterocycles. The summed E-state index contributed by atoms with van der Waals surface area (Å²) in [4.78, 5) is 10.4. The molecular formula is C10H18O2. The molecule has 0 spiro atoms. The number of hydrogen-bond acceptors (Lipinski definition) is 1. The lowest BCUT2D eigenvalue weighted by Gasteiger charge is -2.02. The van der Waals surface area contributed by atoms with Gasteiger partial charge in [0.25, 0.3) is 0 Å². The summed E-state index contributed by atoms with van der Waals surface area (Å²) in [6, 6.07) is 0. The predicted molar refractivity (Wildman–Crippen MR) is 50.2 cm³/mol. The Kier molecular flexibility index (Phi) is 6.44. The fourth-order valence-corrected chi connectivity index (χ4v) is 1.13. The summed E-state index contributed by atoms with van der Waals surface area (Å²) in [5, 5.41) is 8.53. The van der Waals surface area contributed by atoms with Crippen molar-refractivity contribution in [2.45, 2.75) is 46.0 Å². The molecule has 1 N–H and O–H groups in total. The van der Waals surface area contributed by atoms with Crippen LogP contribution in [0.5, 0.6) is 0 Å². The van der Waals surface area contributed by atoms with Gasteiger partial charge in [-0.3, -0.25) is 4.79 Å². The quantitative estimate of drug-likeness (QED) is 0.491. The van der Waals surface area contributed by atoms with Crippen molar-refractivity contribution in [2.24, 2.45) is 0 Å². The highest BCUT2D eigenvalue weighted by molar-refractivity contribution is 5.69. The second kappa shape index (κ2) is 6.89. The van der Waals surface area contributed by atoms with Crippen LogP contribution in [0.3, 0.4) is 0 Å². The molecule has 0 aromatic carbocycles. The molecule has 2 nitrogen and oxygen atoms in total. The smallest absolute Gasteiger partial charge is 0.307 e. The van der Waals surface area contributed by atoms with Crippen molar-refractivity contribution in [2.75, 3.05) is 0 Å². The van der Waals surface area contributed by atoms with Gasteiger partial charge in [0.15, 0.2) is 0 Å². The predicted octanol–water partition coefficient (Wildman–Crippen LogP) is 2.99. The molecule has 0 aliphatic rings. The maximum absolute atomic E-state index is 10.4. The number of unbranched alkanes of at least 4 members (excludes halogenated alkanes) is 2. The first kappa shape index (κ1) is 11.2. The lowest BCUT2D eigenvalue weighted by Crippen LogP contribution is -1.97. The Hall–Kier alpha value is -0.790. The fraction of sp³-hybridized carbons (Fsp3) is 0.700. The molecule has 0 amide bonds. The standard InChI is InChI=1S/C10H18O2/c1-3-5-6-7-9(4-2)8-10(11)12/h4H,3,5-8H2,1-2H3,(H,11,12)/b9-4+. The van der Waals surface area contributed by atoms with E-state index in [4.69, 9.17) is 5.11 Å². The first-order valence-electron chi connectivity index (χ1n) is 4.56. The van der Waals surface area contributed by atoms with E-state index in [2.05, 4.69) is 6.92 Å². The van der Waals surface area contributed by atoms with Crippen LogP contribution in [0.25, 0.3) is 0 Å². The average Bonchev–Trinajstić information content (AvgIpc) is 2.02. The van der Waals surface area contributed by atoms with Crippen molar-refractivity contribution in [3.8, 4) is 0 Å². The first-order valence-corrected chi connectivity index (χ1v) is 4.56. The zero-order valence-corrected chi connectivity index (χ0v) is 7.97. The van der Waals surface area contributed by atoms with E-state index < -0.39 is 5.97 Å². The van der Waals surface area contributed by atoms with E-state index in [1.54, 1.807) is 0 Å². The van der Waals surface area contributed by atoms with Gasteiger partial charge in [-0.1, -0.05) is 31.4 Å². The molecule has 0 unspecified atom stereocenters. The van der Waals surface area contributed by atoms with Crippen LogP contribution < -0.4 is 0 Å². The second-order valence-electron chi connectivity index (χ2n) is 2.97. The van der Waals surface area contributed by atoms with E-state index in [1.807, 2.05) is 13.0 Å². The van der Waals surface area contributed by atoms with Crippen molar-refractivity contribution >= 4 is 5.97 Å². The van der Waals surface area contributed by atoms with E-state index in [9.17, 15) is 4.79 Å². The maximum Gasteiger partial charge on any atom is 0.307 e. The first-order chi connectivity index (χ1) is 5.70. The Morgan fingerprint density at radius 2 is 2.08 bits per heavy atom. The second-order valence-corrected chi connectivity index (χ2v) is 2.97. The van der Waals surface area contributed by atoms with Crippen LogP contribution in [0.2, 0.25) is 0 Å². The SMILES string of the molecule is C/C=C(\CCCCC)CC(=O)O. The van der Waals surface area contributed by atoms with Crippen molar-refractivity contribution < 1.29 is 9.90 Å². The third kappa shape index (κ3) is 5.96. The summed E-state index contributed by atoms with van der Waals surface area (Å²) >= 11 is 0. The van der Waals surface area contributed by atoms with Gasteiger partial charge in [-0.15, -0.1) is 0 Å². The van der Waals surface area contributed by atoms with E-state index >= 15 is 0 Å². The highest BCUT2D eigenvalue weighted by Crippen LogP contribution is 2.12. The molecule has 0 radical (unpaired) electrons. The number of rotatable bonds is 6. The molecule has 0 saturated carbocycles. The number of hydrogen-bond donors (Lipinski definition) is 1. The highest BCUT2D eigenvalue weighted by Gasteiger charge is 2.01. The van der Waals surface area contributed by atoms with Gasteiger partial charge in [0, 0.05) is 0 Å². The van der Waals surface area contributed by atoms with Crippen LogP contribution in [0.4, 0.5) is 0 Å². The maximum atomic E-state index is 10.4. The van der Waals surface area contributed by atoms with Gasteiger partial charge in [-0.05, 0) is 19.8 Å². The minimum Gasteiger partial charge on any atom is -0.481 e. The molecule has 0 heterocycles. The Bertz CT molecular complexity index is 159. The number of carbonyl (C=O) groups is 1. The Labute approximate surface area is 74.3 Å². The van der Waals surface area contributed by atoms with E-state index in [1.165, 1.54) is 12.8 Å². The summed E-state index contributed by atoms with van der Waals surface area (Å²) < 4.78 is 0. The number of carboxylic acids is 1. The number of aliphatic carboxylic acids is 1. The molecule has 0 saturated heterocycles. The molecular weight excluding hydrogens is 152 g/mol. The summed E-state index contributed by atoms with van der Waals surface area (Å²) in [5.41, 5.74) is 1.05. The molecule has 70 valence electrons. The van der Waals surface area contributed by atoms with Crippen molar-refractivity contribution in [1.82, 2.24) is 0 Å². The van der Waals surface area contributed by atoms with Crippen LogP contribution in [0, 0.1) is 0 Å². The monoisotopic (exact) mass is 170 g/mol. The molecule has 0 aromatic rings. The van der Waals surface area contributed by atoms with E-state index in [-0.39, 0.29) is 6.42 Å². The van der Waals surface area contributed by atoms with Crippen LogP contribution in [0.15, 0.2) is 11.6 Å². The zero-order valence-electron chi connectivity index (χ0n) is 7.97. The van der Waals surface area contributed by atoms with Crippen molar-refractivity contribution in [3.63, 3.8) is 0 Å². The third-order valence-corrected chi connectivity index (χ3v) is 1.89. The summed E-state index contributed by atoms with van der Waals surface area (Å²) in [7, 11) is 0. The Morgan fingerprint density at radius 1 is 1.42 bits per heavy atom. The molecule has 0 aliphatic carbocycles. The van der Waals surface area contributed by atoms with Crippen LogP contribution >= 0.6 is 0 Å². The van der Waals surface area contributed by atoms with Gasteiger partial charge >= 0.3 is 5.97 Å². The lowest BCUT2D eigenvalue weighted by molar-refractivity contribution is -0.136. The van der Waals surface area contributed by atoms with Gasteiger partial charge < -0.3 is 5.11 Å². The molecule has 0 fully saturated rings. The molecule has 0 bridgehead atoms. The topological polar surface area (TPSA) is 37.3 Å². The fourth-order valence-electron chi connectivity index (χ4n) is 1.13. The van der Waals surface area contributed by atoms with Gasteiger partial charge in [-0.25, -0.2) is 0 Å². The summed E-state index contributed by atoms with van der Waals surface area (Å²) in [6.07, 6.45) is 6.56. The summed E-state index contributed by atoms with van der Waals surface area (Å²) in [6.45, 7) is 4.05. The number of allylic oxidation sites excluding steroid dienone is 1. The number of carboxylic acid groups (broad SMARTS) is 1. The molecule has 12 heavy (non-hydrogen) atoms. The molecule has 0 aromatic heterocycles.